The minimum Gasteiger partial charge on any atom is -0.207 e. The molecule has 1 unspecified atom stereocenters. The van der Waals surface area contributed by atoms with Crippen molar-refractivity contribution in [1.82, 2.24) is 0 Å². The molecule has 0 spiro atoms. The molecule has 0 amide bonds. The maximum Gasteiger partial charge on any atom is 0.128 e. The van der Waals surface area contributed by atoms with E-state index in [1.807, 2.05) is 13.8 Å². The molecule has 2 rings (SSSR count). The molecule has 1 atom stereocenters. The first-order valence-electron chi connectivity index (χ1n) is 4.56. The average Bonchev–Trinajstić information content (AvgIpc) is 2.30. The molecular formula is C11H11ClF2. The van der Waals surface area contributed by atoms with E-state index in [-0.39, 0.29) is 11.2 Å². The standard InChI is InChI=1S/C11H11ClF2/c1-11(2)5-6(12)9-7(13)3-4-8(14)10(9)11/h3-4,6H,5H2,1-2H3. The van der Waals surface area contributed by atoms with Gasteiger partial charge in [0, 0.05) is 11.1 Å². The number of hydrogen-bond acceptors (Lipinski definition) is 0. The number of alkyl halides is 1. The molecule has 0 heterocycles. The van der Waals surface area contributed by atoms with Gasteiger partial charge < -0.3 is 0 Å². The van der Waals surface area contributed by atoms with E-state index in [1.54, 1.807) is 0 Å². The summed E-state index contributed by atoms with van der Waals surface area (Å²) in [4.78, 5) is 0. The lowest BCUT2D eigenvalue weighted by Gasteiger charge is -2.19. The van der Waals surface area contributed by atoms with Crippen molar-refractivity contribution in [3.8, 4) is 0 Å². The fourth-order valence-electron chi connectivity index (χ4n) is 2.21. The van der Waals surface area contributed by atoms with Crippen LogP contribution in [-0.2, 0) is 5.41 Å². The molecule has 0 aliphatic heterocycles. The highest BCUT2D eigenvalue weighted by atomic mass is 35.5. The van der Waals surface area contributed by atoms with Crippen LogP contribution in [-0.4, -0.2) is 0 Å². The van der Waals surface area contributed by atoms with E-state index in [1.165, 1.54) is 6.07 Å². The number of benzene rings is 1. The average molecular weight is 217 g/mol. The lowest BCUT2D eigenvalue weighted by Crippen LogP contribution is -2.14. The van der Waals surface area contributed by atoms with Crippen LogP contribution in [0.3, 0.4) is 0 Å². The fourth-order valence-corrected chi connectivity index (χ4v) is 2.81. The summed E-state index contributed by atoms with van der Waals surface area (Å²) in [5.74, 6) is -0.749. The van der Waals surface area contributed by atoms with E-state index in [0.717, 1.165) is 6.07 Å². The first kappa shape index (κ1) is 9.91. The normalized spacial score (nSPS) is 23.6. The molecule has 0 fully saturated rings. The highest BCUT2D eigenvalue weighted by Gasteiger charge is 2.40. The Kier molecular flexibility index (Phi) is 2.07. The molecule has 0 N–H and O–H groups in total. The van der Waals surface area contributed by atoms with Crippen LogP contribution in [0.25, 0.3) is 0 Å². The van der Waals surface area contributed by atoms with Gasteiger partial charge in [-0.25, -0.2) is 8.78 Å². The van der Waals surface area contributed by atoms with Crippen molar-refractivity contribution >= 4 is 11.6 Å². The van der Waals surface area contributed by atoms with Crippen LogP contribution in [0.5, 0.6) is 0 Å². The van der Waals surface area contributed by atoms with Gasteiger partial charge in [0.15, 0.2) is 0 Å². The Morgan fingerprint density at radius 3 is 2.43 bits per heavy atom. The highest BCUT2D eigenvalue weighted by Crippen LogP contribution is 2.49. The van der Waals surface area contributed by atoms with Gasteiger partial charge in [-0.1, -0.05) is 13.8 Å². The van der Waals surface area contributed by atoms with Crippen molar-refractivity contribution in [2.24, 2.45) is 0 Å². The maximum atomic E-state index is 13.5. The van der Waals surface area contributed by atoms with Crippen molar-refractivity contribution in [2.45, 2.75) is 31.1 Å². The molecule has 0 nitrogen and oxygen atoms in total. The Morgan fingerprint density at radius 1 is 1.29 bits per heavy atom. The molecule has 3 heteroatoms. The topological polar surface area (TPSA) is 0 Å². The predicted octanol–water partition coefficient (Wildman–Crippen LogP) is 3.93. The zero-order valence-electron chi connectivity index (χ0n) is 8.07. The van der Waals surface area contributed by atoms with Crippen molar-refractivity contribution < 1.29 is 8.78 Å². The molecule has 0 aromatic heterocycles. The van der Waals surface area contributed by atoms with E-state index in [2.05, 4.69) is 0 Å². The Labute approximate surface area is 86.9 Å². The fraction of sp³-hybridized carbons (Fsp3) is 0.455. The summed E-state index contributed by atoms with van der Waals surface area (Å²) in [6.07, 6.45) is 0.585. The monoisotopic (exact) mass is 216 g/mol. The SMILES string of the molecule is CC1(C)CC(Cl)c2c(F)ccc(F)c21. The van der Waals surface area contributed by atoms with Crippen LogP contribution in [0, 0.1) is 11.6 Å². The number of fused-ring (bicyclic) bond motifs is 1. The Morgan fingerprint density at radius 2 is 1.86 bits per heavy atom. The molecule has 76 valence electrons. The summed E-state index contributed by atoms with van der Waals surface area (Å²) in [6, 6.07) is 2.32. The molecule has 1 aliphatic rings. The first-order valence-corrected chi connectivity index (χ1v) is 4.99. The van der Waals surface area contributed by atoms with Gasteiger partial charge in [-0.2, -0.15) is 0 Å². The Balaban J connectivity index is 2.73. The number of rotatable bonds is 0. The maximum absolute atomic E-state index is 13.5. The Hall–Kier alpha value is -0.630. The third kappa shape index (κ3) is 1.24. The van der Waals surface area contributed by atoms with E-state index in [0.29, 0.717) is 17.5 Å². The lowest BCUT2D eigenvalue weighted by molar-refractivity contribution is 0.484. The van der Waals surface area contributed by atoms with Gasteiger partial charge in [0.05, 0.1) is 5.38 Å². The van der Waals surface area contributed by atoms with Gasteiger partial charge in [0.25, 0.3) is 0 Å². The smallest absolute Gasteiger partial charge is 0.128 e. The van der Waals surface area contributed by atoms with Crippen molar-refractivity contribution in [3.63, 3.8) is 0 Å². The van der Waals surface area contributed by atoms with Gasteiger partial charge >= 0.3 is 0 Å². The molecule has 0 bridgehead atoms. The summed E-state index contributed by atoms with van der Waals surface area (Å²) in [7, 11) is 0. The van der Waals surface area contributed by atoms with E-state index < -0.39 is 11.2 Å². The van der Waals surface area contributed by atoms with Gasteiger partial charge in [-0.15, -0.1) is 11.6 Å². The highest BCUT2D eigenvalue weighted by molar-refractivity contribution is 6.21. The van der Waals surface area contributed by atoms with Crippen molar-refractivity contribution in [1.29, 1.82) is 0 Å². The summed E-state index contributed by atoms with van der Waals surface area (Å²) >= 11 is 6.00. The molecule has 0 saturated heterocycles. The zero-order chi connectivity index (χ0) is 10.5. The first-order chi connectivity index (χ1) is 6.43. The largest absolute Gasteiger partial charge is 0.207 e. The molecule has 1 aliphatic carbocycles. The van der Waals surface area contributed by atoms with E-state index in [9.17, 15) is 8.78 Å². The number of hydrogen-bond donors (Lipinski definition) is 0. The zero-order valence-corrected chi connectivity index (χ0v) is 8.83. The Bertz CT molecular complexity index is 385. The van der Waals surface area contributed by atoms with E-state index in [4.69, 9.17) is 11.6 Å². The third-order valence-electron chi connectivity index (χ3n) is 2.82. The summed E-state index contributed by atoms with van der Waals surface area (Å²) in [5, 5.41) is -0.407. The molecule has 0 radical (unpaired) electrons. The third-order valence-corrected chi connectivity index (χ3v) is 3.19. The van der Waals surface area contributed by atoms with Crippen molar-refractivity contribution in [3.05, 3.63) is 34.9 Å². The minimum atomic E-state index is -0.407. The molecule has 1 aromatic rings. The van der Waals surface area contributed by atoms with Crippen LogP contribution in [0.4, 0.5) is 8.78 Å². The van der Waals surface area contributed by atoms with E-state index >= 15 is 0 Å². The molecule has 1 aromatic carbocycles. The molecular weight excluding hydrogens is 206 g/mol. The lowest BCUT2D eigenvalue weighted by atomic mass is 9.86. The summed E-state index contributed by atoms with van der Waals surface area (Å²) in [5.41, 5.74) is 0.419. The summed E-state index contributed by atoms with van der Waals surface area (Å²) in [6.45, 7) is 3.77. The molecule has 14 heavy (non-hydrogen) atoms. The minimum absolute atomic E-state index is 0.344. The van der Waals surface area contributed by atoms with Gasteiger partial charge in [-0.05, 0) is 24.0 Å². The van der Waals surface area contributed by atoms with Crippen LogP contribution >= 0.6 is 11.6 Å². The second-order valence-electron chi connectivity index (χ2n) is 4.37. The van der Waals surface area contributed by atoms with Crippen LogP contribution in [0.2, 0.25) is 0 Å². The van der Waals surface area contributed by atoms with Gasteiger partial charge in [-0.3, -0.25) is 0 Å². The quantitative estimate of drug-likeness (QED) is 0.577. The van der Waals surface area contributed by atoms with Gasteiger partial charge in [0.1, 0.15) is 11.6 Å². The van der Waals surface area contributed by atoms with Crippen LogP contribution in [0.1, 0.15) is 36.8 Å². The molecule has 0 saturated carbocycles. The van der Waals surface area contributed by atoms with Crippen LogP contribution in [0.15, 0.2) is 12.1 Å². The second kappa shape index (κ2) is 2.93. The van der Waals surface area contributed by atoms with Crippen LogP contribution < -0.4 is 0 Å². The van der Waals surface area contributed by atoms with Gasteiger partial charge in [0.2, 0.25) is 0 Å². The predicted molar refractivity (Wildman–Crippen MR) is 52.6 cm³/mol. The van der Waals surface area contributed by atoms with Crippen molar-refractivity contribution in [2.75, 3.05) is 0 Å². The summed E-state index contributed by atoms with van der Waals surface area (Å²) < 4.78 is 26.9. The second-order valence-corrected chi connectivity index (χ2v) is 4.90. The number of halogens is 3.